The molecule has 1 rings (SSSR count). The largest absolute Gasteiger partial charge is 0.385 e. The van der Waals surface area contributed by atoms with Gasteiger partial charge in [-0.25, -0.2) is 0 Å². The summed E-state index contributed by atoms with van der Waals surface area (Å²) in [5.41, 5.74) is 8.92. The maximum atomic E-state index is 8.06. The summed E-state index contributed by atoms with van der Waals surface area (Å²) < 4.78 is 0. The summed E-state index contributed by atoms with van der Waals surface area (Å²) in [4.78, 5) is 2.69. The molecule has 0 aromatic heterocycles. The molecule has 1 radical (unpaired) electrons. The van der Waals surface area contributed by atoms with Crippen LogP contribution in [0.1, 0.15) is 5.56 Å². The average molecular weight is 301 g/mol. The Morgan fingerprint density at radius 1 is 1.29 bits per heavy atom. The van der Waals surface area contributed by atoms with Crippen molar-refractivity contribution >= 4 is 35.5 Å². The van der Waals surface area contributed by atoms with Gasteiger partial charge in [0.15, 0.2) is 6.21 Å². The molecular formula is C9H5Cl2N2Y-. The third-order valence-electron chi connectivity index (χ3n) is 1.35. The Hall–Kier alpha value is 0.0239. The van der Waals surface area contributed by atoms with Crippen molar-refractivity contribution in [2.75, 3.05) is 0 Å². The van der Waals surface area contributed by atoms with Gasteiger partial charge in [-0.2, -0.15) is 6.08 Å². The summed E-state index contributed by atoms with van der Waals surface area (Å²) in [6.45, 7) is 0. The Morgan fingerprint density at radius 2 is 2.00 bits per heavy atom. The topological polar surface area (TPSA) is 36.4 Å². The van der Waals surface area contributed by atoms with Crippen molar-refractivity contribution in [3.63, 3.8) is 0 Å². The van der Waals surface area contributed by atoms with Gasteiger partial charge in [0.1, 0.15) is 0 Å². The Balaban J connectivity index is 0.00000169. The maximum Gasteiger partial charge on any atom is 0.176 e. The van der Waals surface area contributed by atoms with Crippen LogP contribution in [0, 0.1) is 0 Å². The minimum absolute atomic E-state index is 0. The van der Waals surface area contributed by atoms with E-state index < -0.39 is 0 Å². The zero-order valence-electron chi connectivity index (χ0n) is 7.11. The molecule has 2 nitrogen and oxygen atoms in total. The van der Waals surface area contributed by atoms with E-state index in [1.54, 1.807) is 24.3 Å². The van der Waals surface area contributed by atoms with Gasteiger partial charge in [-0.15, -0.1) is 11.6 Å². The summed E-state index contributed by atoms with van der Waals surface area (Å²) in [6.07, 6.45) is 5.42. The summed E-state index contributed by atoms with van der Waals surface area (Å²) in [6, 6.07) is 5.20. The molecule has 0 saturated carbocycles. The first-order valence-electron chi connectivity index (χ1n) is 3.45. The predicted octanol–water partition coefficient (Wildman–Crippen LogP) is 3.18. The first-order chi connectivity index (χ1) is 6.24. The summed E-state index contributed by atoms with van der Waals surface area (Å²) >= 11 is 11.5. The van der Waals surface area contributed by atoms with Gasteiger partial charge in [-0.05, 0) is 6.07 Å². The molecule has 0 bridgehead atoms. The van der Waals surface area contributed by atoms with Crippen LogP contribution in [0.3, 0.4) is 0 Å². The Labute approximate surface area is 117 Å². The second-order valence-corrected chi connectivity index (χ2v) is 3.05. The number of halogens is 2. The van der Waals surface area contributed by atoms with Crippen LogP contribution in [0.4, 0.5) is 0 Å². The number of benzene rings is 1. The Morgan fingerprint density at radius 3 is 2.57 bits per heavy atom. The van der Waals surface area contributed by atoms with E-state index in [4.69, 9.17) is 28.7 Å². The van der Waals surface area contributed by atoms with Gasteiger partial charge in [-0.3, -0.25) is 4.79 Å². The third kappa shape index (κ3) is 4.50. The third-order valence-corrected chi connectivity index (χ3v) is 2.09. The van der Waals surface area contributed by atoms with Crippen molar-refractivity contribution in [1.82, 2.24) is 0 Å². The first kappa shape index (κ1) is 14.0. The Bertz CT molecular complexity index is 384. The first-order valence-corrected chi connectivity index (χ1v) is 4.21. The normalized spacial score (nSPS) is 9.29. The molecule has 0 N–H and O–H groups in total. The molecule has 0 amide bonds. The van der Waals surface area contributed by atoms with Crippen LogP contribution < -0.4 is 0 Å². The Kier molecular flexibility index (Phi) is 7.35. The minimum Gasteiger partial charge on any atom is -0.385 e. The quantitative estimate of drug-likeness (QED) is 0.348. The monoisotopic (exact) mass is 300 g/mol. The van der Waals surface area contributed by atoms with Gasteiger partial charge in [-0.1, -0.05) is 35.3 Å². The van der Waals surface area contributed by atoms with Gasteiger partial charge >= 0.3 is 0 Å². The van der Waals surface area contributed by atoms with E-state index in [1.807, 2.05) is 0 Å². The molecule has 0 atom stereocenters. The zero-order valence-corrected chi connectivity index (χ0v) is 11.5. The maximum absolute atomic E-state index is 8.06. The van der Waals surface area contributed by atoms with Crippen molar-refractivity contribution in [3.8, 4) is 0 Å². The molecule has 0 fully saturated rings. The number of hydrogen-bond donors (Lipinski definition) is 0. The fraction of sp³-hybridized carbons (Fsp3) is 0. The van der Waals surface area contributed by atoms with Crippen LogP contribution in [0.2, 0.25) is 10.0 Å². The molecule has 0 saturated heterocycles. The smallest absolute Gasteiger partial charge is 0.176 e. The second kappa shape index (κ2) is 7.33. The molecule has 69 valence electrons. The fourth-order valence-electron chi connectivity index (χ4n) is 0.783. The van der Waals surface area contributed by atoms with Crippen LogP contribution in [0.25, 0.3) is 11.6 Å². The summed E-state index contributed by atoms with van der Waals surface area (Å²) in [7, 11) is 0. The van der Waals surface area contributed by atoms with Gasteiger partial charge in [0, 0.05) is 32.7 Å². The summed E-state index contributed by atoms with van der Waals surface area (Å²) in [5.74, 6) is 0. The molecular weight excluding hydrogens is 296 g/mol. The van der Waals surface area contributed by atoms with E-state index in [2.05, 4.69) is 11.0 Å². The van der Waals surface area contributed by atoms with Gasteiger partial charge in [0.25, 0.3) is 0 Å². The molecule has 14 heavy (non-hydrogen) atoms. The van der Waals surface area contributed by atoms with Crippen LogP contribution in [0.15, 0.2) is 24.3 Å². The van der Waals surface area contributed by atoms with Crippen LogP contribution in [-0.4, -0.2) is 11.0 Å². The number of rotatable bonds is 2. The SMILES string of the molecule is [N-]=[N+]=[C-]/C=C/c1ccc(Cl)c(Cl)c1.[Y]. The molecule has 1 aromatic carbocycles. The molecule has 0 aliphatic rings. The van der Waals surface area contributed by atoms with Crippen molar-refractivity contribution in [2.24, 2.45) is 0 Å². The molecule has 0 aliphatic carbocycles. The average Bonchev–Trinajstić information content (AvgIpc) is 2.12. The van der Waals surface area contributed by atoms with Gasteiger partial charge in [0.2, 0.25) is 0 Å². The minimum atomic E-state index is 0. The van der Waals surface area contributed by atoms with E-state index in [-0.39, 0.29) is 32.7 Å². The van der Waals surface area contributed by atoms with E-state index in [1.165, 1.54) is 6.08 Å². The van der Waals surface area contributed by atoms with E-state index in [0.717, 1.165) is 5.56 Å². The number of allylic oxidation sites excluding steroid dienone is 1. The van der Waals surface area contributed by atoms with Gasteiger partial charge < -0.3 is 5.53 Å². The molecule has 0 unspecified atom stereocenters. The standard InChI is InChI=1S/C9H5Cl2N2.Y/c10-8-4-3-7(6-9(8)11)2-1-5-13-12;/h1-4,6H;/q-1;/b2-1+;. The molecule has 0 spiro atoms. The van der Waals surface area contributed by atoms with E-state index in [0.29, 0.717) is 10.0 Å². The predicted molar refractivity (Wildman–Crippen MR) is 54.1 cm³/mol. The van der Waals surface area contributed by atoms with Crippen LogP contribution in [0.5, 0.6) is 0 Å². The van der Waals surface area contributed by atoms with Crippen LogP contribution >= 0.6 is 23.2 Å². The van der Waals surface area contributed by atoms with Crippen molar-refractivity contribution in [1.29, 1.82) is 0 Å². The summed E-state index contributed by atoms with van der Waals surface area (Å²) in [5, 5.41) is 1.00. The zero-order chi connectivity index (χ0) is 9.68. The second-order valence-electron chi connectivity index (χ2n) is 2.24. The van der Waals surface area contributed by atoms with Crippen LogP contribution in [-0.2, 0) is 32.7 Å². The van der Waals surface area contributed by atoms with E-state index >= 15 is 0 Å². The van der Waals surface area contributed by atoms with Gasteiger partial charge in [0.05, 0.1) is 10.0 Å². The van der Waals surface area contributed by atoms with E-state index in [9.17, 15) is 0 Å². The molecule has 1 aromatic rings. The number of nitrogens with zero attached hydrogens (tertiary/aromatic N) is 2. The fourth-order valence-corrected chi connectivity index (χ4v) is 1.09. The van der Waals surface area contributed by atoms with Crippen molar-refractivity contribution in [2.45, 2.75) is 0 Å². The molecule has 0 heterocycles. The molecule has 5 heteroatoms. The number of hydrogen-bond acceptors (Lipinski definition) is 0. The van der Waals surface area contributed by atoms with Crippen molar-refractivity contribution < 1.29 is 37.5 Å². The molecule has 0 aliphatic heterocycles. The van der Waals surface area contributed by atoms with Crippen molar-refractivity contribution in [3.05, 3.63) is 45.4 Å².